The van der Waals surface area contributed by atoms with Crippen LogP contribution >= 0.6 is 0 Å². The smallest absolute Gasteiger partial charge is 0.239 e. The van der Waals surface area contributed by atoms with Crippen LogP contribution in [-0.4, -0.2) is 53.8 Å². The van der Waals surface area contributed by atoms with E-state index in [2.05, 4.69) is 0 Å². The molecule has 2 amide bonds. The minimum atomic E-state index is -0.386. The third kappa shape index (κ3) is 3.98. The van der Waals surface area contributed by atoms with E-state index in [1.807, 2.05) is 23.6 Å². The van der Waals surface area contributed by atoms with E-state index >= 15 is 0 Å². The molecule has 1 fully saturated rings. The number of rotatable bonds is 4. The SMILES string of the molecule is CCCC(N)C(=O)N1CCCN(C(=O)CC)CC1. The van der Waals surface area contributed by atoms with Crippen molar-refractivity contribution in [2.45, 2.75) is 45.6 Å². The van der Waals surface area contributed by atoms with Gasteiger partial charge in [0.15, 0.2) is 0 Å². The Morgan fingerprint density at radius 1 is 1.11 bits per heavy atom. The largest absolute Gasteiger partial charge is 0.341 e. The van der Waals surface area contributed by atoms with Crippen molar-refractivity contribution in [2.24, 2.45) is 5.73 Å². The maximum absolute atomic E-state index is 12.1. The van der Waals surface area contributed by atoms with Crippen molar-refractivity contribution in [2.75, 3.05) is 26.2 Å². The zero-order valence-electron chi connectivity index (χ0n) is 11.5. The summed E-state index contributed by atoms with van der Waals surface area (Å²) in [5.41, 5.74) is 5.86. The van der Waals surface area contributed by atoms with Crippen LogP contribution in [0.1, 0.15) is 39.5 Å². The average molecular weight is 255 g/mol. The molecular weight excluding hydrogens is 230 g/mol. The predicted molar refractivity (Wildman–Crippen MR) is 71.0 cm³/mol. The molecule has 5 heteroatoms. The molecule has 1 aliphatic rings. The first-order valence-corrected chi connectivity index (χ1v) is 6.92. The Kier molecular flexibility index (Phi) is 6.12. The molecular formula is C13H25N3O2. The van der Waals surface area contributed by atoms with E-state index in [-0.39, 0.29) is 17.9 Å². The van der Waals surface area contributed by atoms with Gasteiger partial charge in [0.2, 0.25) is 11.8 Å². The van der Waals surface area contributed by atoms with Gasteiger partial charge in [0.05, 0.1) is 6.04 Å². The standard InChI is InChI=1S/C13H25N3O2/c1-3-6-11(14)13(18)16-8-5-7-15(9-10-16)12(17)4-2/h11H,3-10,14H2,1-2H3. The molecule has 1 rings (SSSR count). The van der Waals surface area contributed by atoms with E-state index < -0.39 is 0 Å². The Hall–Kier alpha value is -1.10. The molecule has 0 spiro atoms. The topological polar surface area (TPSA) is 66.6 Å². The van der Waals surface area contributed by atoms with Crippen molar-refractivity contribution in [3.8, 4) is 0 Å². The van der Waals surface area contributed by atoms with Gasteiger partial charge in [-0.3, -0.25) is 9.59 Å². The van der Waals surface area contributed by atoms with Gasteiger partial charge in [0.25, 0.3) is 0 Å². The summed E-state index contributed by atoms with van der Waals surface area (Å²) >= 11 is 0. The van der Waals surface area contributed by atoms with Crippen LogP contribution in [-0.2, 0) is 9.59 Å². The maximum Gasteiger partial charge on any atom is 0.239 e. The molecule has 1 aliphatic heterocycles. The van der Waals surface area contributed by atoms with E-state index in [1.54, 1.807) is 0 Å². The molecule has 0 bridgehead atoms. The number of amides is 2. The molecule has 5 nitrogen and oxygen atoms in total. The van der Waals surface area contributed by atoms with Gasteiger partial charge >= 0.3 is 0 Å². The van der Waals surface area contributed by atoms with Crippen molar-refractivity contribution in [3.63, 3.8) is 0 Å². The zero-order valence-corrected chi connectivity index (χ0v) is 11.5. The molecule has 104 valence electrons. The predicted octanol–water partition coefficient (Wildman–Crippen LogP) is 0.585. The van der Waals surface area contributed by atoms with E-state index in [0.717, 1.165) is 25.8 Å². The minimum absolute atomic E-state index is 0.0302. The van der Waals surface area contributed by atoms with Gasteiger partial charge in [0.1, 0.15) is 0 Å². The Morgan fingerprint density at radius 2 is 1.72 bits per heavy atom. The fourth-order valence-corrected chi connectivity index (χ4v) is 2.28. The summed E-state index contributed by atoms with van der Waals surface area (Å²) in [6, 6.07) is -0.386. The maximum atomic E-state index is 12.1. The van der Waals surface area contributed by atoms with Gasteiger partial charge in [-0.1, -0.05) is 20.3 Å². The zero-order chi connectivity index (χ0) is 13.5. The highest BCUT2D eigenvalue weighted by atomic mass is 16.2. The third-order valence-electron chi connectivity index (χ3n) is 3.38. The number of hydrogen-bond donors (Lipinski definition) is 1. The van der Waals surface area contributed by atoms with Crippen molar-refractivity contribution < 1.29 is 9.59 Å². The molecule has 1 heterocycles. The Labute approximate surface area is 109 Å². The Morgan fingerprint density at radius 3 is 2.33 bits per heavy atom. The summed E-state index contributed by atoms with van der Waals surface area (Å²) in [5, 5.41) is 0. The summed E-state index contributed by atoms with van der Waals surface area (Å²) in [4.78, 5) is 27.4. The molecule has 0 radical (unpaired) electrons. The first-order chi connectivity index (χ1) is 8.60. The van der Waals surface area contributed by atoms with Crippen molar-refractivity contribution in [1.29, 1.82) is 0 Å². The molecule has 0 aromatic rings. The number of nitrogens with two attached hydrogens (primary N) is 1. The summed E-state index contributed by atoms with van der Waals surface area (Å²) in [6.45, 7) is 6.60. The van der Waals surface area contributed by atoms with Crippen LogP contribution in [0.3, 0.4) is 0 Å². The highest BCUT2D eigenvalue weighted by molar-refractivity contribution is 5.82. The van der Waals surface area contributed by atoms with Gasteiger partial charge in [-0.05, 0) is 12.8 Å². The monoisotopic (exact) mass is 255 g/mol. The fraction of sp³-hybridized carbons (Fsp3) is 0.846. The van der Waals surface area contributed by atoms with E-state index in [9.17, 15) is 9.59 Å². The van der Waals surface area contributed by atoms with Crippen LogP contribution in [0.25, 0.3) is 0 Å². The average Bonchev–Trinajstić information content (AvgIpc) is 2.63. The van der Waals surface area contributed by atoms with Crippen LogP contribution in [0.2, 0.25) is 0 Å². The molecule has 0 aromatic heterocycles. The summed E-state index contributed by atoms with van der Waals surface area (Å²) < 4.78 is 0. The second-order valence-corrected chi connectivity index (χ2v) is 4.81. The van der Waals surface area contributed by atoms with Crippen molar-refractivity contribution in [1.82, 2.24) is 9.80 Å². The van der Waals surface area contributed by atoms with Crippen LogP contribution in [0.5, 0.6) is 0 Å². The molecule has 1 unspecified atom stereocenters. The van der Waals surface area contributed by atoms with E-state index in [4.69, 9.17) is 5.73 Å². The number of hydrogen-bond acceptors (Lipinski definition) is 3. The second-order valence-electron chi connectivity index (χ2n) is 4.81. The molecule has 0 saturated carbocycles. The minimum Gasteiger partial charge on any atom is -0.341 e. The lowest BCUT2D eigenvalue weighted by molar-refractivity contribution is -0.134. The highest BCUT2D eigenvalue weighted by Crippen LogP contribution is 2.07. The summed E-state index contributed by atoms with van der Waals surface area (Å²) in [6.07, 6.45) is 3.02. The first-order valence-electron chi connectivity index (χ1n) is 6.92. The fourth-order valence-electron chi connectivity index (χ4n) is 2.28. The van der Waals surface area contributed by atoms with Crippen LogP contribution < -0.4 is 5.73 Å². The molecule has 1 atom stereocenters. The lowest BCUT2D eigenvalue weighted by Gasteiger charge is -2.24. The highest BCUT2D eigenvalue weighted by Gasteiger charge is 2.24. The lowest BCUT2D eigenvalue weighted by atomic mass is 10.1. The second kappa shape index (κ2) is 7.36. The molecule has 0 aliphatic carbocycles. The first kappa shape index (κ1) is 15.0. The molecule has 2 N–H and O–H groups in total. The molecule has 1 saturated heterocycles. The normalized spacial score (nSPS) is 18.4. The Balaban J connectivity index is 2.51. The van der Waals surface area contributed by atoms with Gasteiger partial charge in [-0.15, -0.1) is 0 Å². The Bertz CT molecular complexity index is 294. The summed E-state index contributed by atoms with van der Waals surface area (Å²) in [5.74, 6) is 0.199. The van der Waals surface area contributed by atoms with Gasteiger partial charge < -0.3 is 15.5 Å². The van der Waals surface area contributed by atoms with E-state index in [0.29, 0.717) is 26.1 Å². The quantitative estimate of drug-likeness (QED) is 0.799. The van der Waals surface area contributed by atoms with Crippen molar-refractivity contribution in [3.05, 3.63) is 0 Å². The number of nitrogens with zero attached hydrogens (tertiary/aromatic N) is 2. The number of carbonyl (C=O) groups is 2. The van der Waals surface area contributed by atoms with Crippen LogP contribution in [0.15, 0.2) is 0 Å². The van der Waals surface area contributed by atoms with Crippen molar-refractivity contribution >= 4 is 11.8 Å². The van der Waals surface area contributed by atoms with Gasteiger partial charge in [-0.25, -0.2) is 0 Å². The van der Waals surface area contributed by atoms with Gasteiger partial charge in [-0.2, -0.15) is 0 Å². The molecule has 0 aromatic carbocycles. The third-order valence-corrected chi connectivity index (χ3v) is 3.38. The van der Waals surface area contributed by atoms with Crippen LogP contribution in [0.4, 0.5) is 0 Å². The number of carbonyl (C=O) groups excluding carboxylic acids is 2. The summed E-state index contributed by atoms with van der Waals surface area (Å²) in [7, 11) is 0. The van der Waals surface area contributed by atoms with Crippen LogP contribution in [0, 0.1) is 0 Å². The lowest BCUT2D eigenvalue weighted by Crippen LogP contribution is -2.45. The van der Waals surface area contributed by atoms with E-state index in [1.165, 1.54) is 0 Å². The van der Waals surface area contributed by atoms with Gasteiger partial charge in [0, 0.05) is 32.6 Å². The molecule has 18 heavy (non-hydrogen) atoms.